The molecule has 0 aliphatic heterocycles. The molecular formula is C9H12ClN3O. The van der Waals surface area contributed by atoms with E-state index in [1.54, 1.807) is 12.1 Å². The Morgan fingerprint density at radius 2 is 2.29 bits per heavy atom. The van der Waals surface area contributed by atoms with Crippen LogP contribution < -0.4 is 5.32 Å². The Labute approximate surface area is 87.7 Å². The summed E-state index contributed by atoms with van der Waals surface area (Å²) in [5, 5.41) is 10.3. The number of nitrogens with zero attached hydrogens (tertiary/aromatic N) is 2. The summed E-state index contributed by atoms with van der Waals surface area (Å²) in [7, 11) is 0. The van der Waals surface area contributed by atoms with Gasteiger partial charge >= 0.3 is 0 Å². The summed E-state index contributed by atoms with van der Waals surface area (Å²) in [4.78, 5) is 11.2. The molecule has 5 heteroatoms. The lowest BCUT2D eigenvalue weighted by Gasteiger charge is -2.01. The summed E-state index contributed by atoms with van der Waals surface area (Å²) in [6.07, 6.45) is 2.40. The first-order valence-electron chi connectivity index (χ1n) is 4.51. The molecule has 0 aliphatic rings. The Bertz CT molecular complexity index is 299. The van der Waals surface area contributed by atoms with Crippen LogP contribution in [-0.4, -0.2) is 16.1 Å². The van der Waals surface area contributed by atoms with E-state index in [4.69, 9.17) is 11.6 Å². The minimum Gasteiger partial charge on any atom is -0.309 e. The fourth-order valence-electron chi connectivity index (χ4n) is 0.925. The first-order valence-corrected chi connectivity index (χ1v) is 4.89. The van der Waals surface area contributed by atoms with Crippen LogP contribution in [0.3, 0.4) is 0 Å². The van der Waals surface area contributed by atoms with Gasteiger partial charge in [-0.15, -0.1) is 10.2 Å². The second-order valence-electron chi connectivity index (χ2n) is 2.89. The number of carbonyl (C=O) groups excluding carboxylic acids is 1. The van der Waals surface area contributed by atoms with Crippen molar-refractivity contribution in [3.05, 3.63) is 17.3 Å². The van der Waals surface area contributed by atoms with Crippen molar-refractivity contribution in [3.8, 4) is 0 Å². The number of unbranched alkanes of at least 4 members (excludes halogenated alkanes) is 1. The molecule has 1 aromatic heterocycles. The predicted octanol–water partition coefficient (Wildman–Crippen LogP) is 2.26. The average Bonchev–Trinajstić information content (AvgIpc) is 2.18. The Balaban J connectivity index is 2.44. The lowest BCUT2D eigenvalue weighted by Crippen LogP contribution is -2.12. The van der Waals surface area contributed by atoms with Crippen molar-refractivity contribution < 1.29 is 4.79 Å². The van der Waals surface area contributed by atoms with E-state index in [1.165, 1.54) is 0 Å². The molecule has 1 amide bonds. The quantitative estimate of drug-likeness (QED) is 0.835. The van der Waals surface area contributed by atoms with Crippen molar-refractivity contribution >= 4 is 23.3 Å². The smallest absolute Gasteiger partial charge is 0.225 e. The third-order valence-corrected chi connectivity index (χ3v) is 1.86. The molecule has 14 heavy (non-hydrogen) atoms. The maximum absolute atomic E-state index is 11.2. The molecule has 0 unspecified atom stereocenters. The number of anilines is 1. The Kier molecular flexibility index (Phi) is 4.32. The predicted molar refractivity (Wildman–Crippen MR) is 55.2 cm³/mol. The lowest BCUT2D eigenvalue weighted by molar-refractivity contribution is -0.116. The van der Waals surface area contributed by atoms with E-state index in [2.05, 4.69) is 15.5 Å². The molecular weight excluding hydrogens is 202 g/mol. The van der Waals surface area contributed by atoms with E-state index in [-0.39, 0.29) is 5.91 Å². The van der Waals surface area contributed by atoms with Crippen molar-refractivity contribution in [1.82, 2.24) is 10.2 Å². The van der Waals surface area contributed by atoms with Gasteiger partial charge < -0.3 is 5.32 Å². The van der Waals surface area contributed by atoms with Gasteiger partial charge in [-0.2, -0.15) is 0 Å². The van der Waals surface area contributed by atoms with E-state index < -0.39 is 0 Å². The molecule has 0 aliphatic carbocycles. The minimum absolute atomic E-state index is 0.0385. The van der Waals surface area contributed by atoms with E-state index in [9.17, 15) is 4.79 Å². The first kappa shape index (κ1) is 10.9. The van der Waals surface area contributed by atoms with Crippen LogP contribution in [0.2, 0.25) is 5.15 Å². The molecule has 0 aromatic carbocycles. The van der Waals surface area contributed by atoms with E-state index in [0.29, 0.717) is 17.4 Å². The van der Waals surface area contributed by atoms with Gasteiger partial charge in [0.15, 0.2) is 11.0 Å². The maximum atomic E-state index is 11.2. The first-order chi connectivity index (χ1) is 6.72. The molecule has 1 rings (SSSR count). The van der Waals surface area contributed by atoms with Gasteiger partial charge in [0.25, 0.3) is 0 Å². The number of halogens is 1. The van der Waals surface area contributed by atoms with Gasteiger partial charge in [0, 0.05) is 6.42 Å². The summed E-state index contributed by atoms with van der Waals surface area (Å²) in [6.45, 7) is 2.04. The van der Waals surface area contributed by atoms with Gasteiger partial charge in [-0.3, -0.25) is 4.79 Å². The number of carbonyl (C=O) groups is 1. The van der Waals surface area contributed by atoms with Crippen LogP contribution in [0.4, 0.5) is 5.82 Å². The van der Waals surface area contributed by atoms with Gasteiger partial charge in [-0.25, -0.2) is 0 Å². The second kappa shape index (κ2) is 5.54. The molecule has 1 aromatic rings. The second-order valence-corrected chi connectivity index (χ2v) is 3.28. The molecule has 1 heterocycles. The maximum Gasteiger partial charge on any atom is 0.225 e. The number of hydrogen-bond acceptors (Lipinski definition) is 3. The molecule has 0 radical (unpaired) electrons. The highest BCUT2D eigenvalue weighted by atomic mass is 35.5. The zero-order valence-electron chi connectivity index (χ0n) is 7.96. The molecule has 76 valence electrons. The molecule has 0 bridgehead atoms. The van der Waals surface area contributed by atoms with Crippen LogP contribution in [0.25, 0.3) is 0 Å². The van der Waals surface area contributed by atoms with Gasteiger partial charge in [0.1, 0.15) is 0 Å². The Hall–Kier alpha value is -1.16. The topological polar surface area (TPSA) is 54.9 Å². The highest BCUT2D eigenvalue weighted by Crippen LogP contribution is 2.06. The van der Waals surface area contributed by atoms with Crippen molar-refractivity contribution in [2.75, 3.05) is 5.32 Å². The summed E-state index contributed by atoms with van der Waals surface area (Å²) >= 11 is 5.55. The zero-order valence-corrected chi connectivity index (χ0v) is 8.71. The van der Waals surface area contributed by atoms with Gasteiger partial charge in [0.2, 0.25) is 5.91 Å². The van der Waals surface area contributed by atoms with Crippen molar-refractivity contribution in [3.63, 3.8) is 0 Å². The van der Waals surface area contributed by atoms with Crippen LogP contribution in [-0.2, 0) is 4.79 Å². The standard InChI is InChI=1S/C9H12ClN3O/c1-2-3-4-9(14)11-8-6-5-7(10)12-13-8/h5-6H,2-4H2,1H3,(H,11,13,14). The van der Waals surface area contributed by atoms with Crippen LogP contribution in [0.1, 0.15) is 26.2 Å². The summed E-state index contributed by atoms with van der Waals surface area (Å²) < 4.78 is 0. The van der Waals surface area contributed by atoms with Crippen molar-refractivity contribution in [2.24, 2.45) is 0 Å². The molecule has 0 saturated heterocycles. The number of nitrogens with one attached hydrogen (secondary N) is 1. The summed E-state index contributed by atoms with van der Waals surface area (Å²) in [5.74, 6) is 0.402. The zero-order chi connectivity index (χ0) is 10.4. The van der Waals surface area contributed by atoms with Gasteiger partial charge in [-0.1, -0.05) is 24.9 Å². The summed E-state index contributed by atoms with van der Waals surface area (Å²) in [6, 6.07) is 3.21. The minimum atomic E-state index is -0.0385. The highest BCUT2D eigenvalue weighted by Gasteiger charge is 2.02. The third kappa shape index (κ3) is 3.70. The van der Waals surface area contributed by atoms with Crippen LogP contribution >= 0.6 is 11.6 Å². The lowest BCUT2D eigenvalue weighted by atomic mass is 10.2. The van der Waals surface area contributed by atoms with Gasteiger partial charge in [0.05, 0.1) is 0 Å². The SMILES string of the molecule is CCCCC(=O)Nc1ccc(Cl)nn1. The van der Waals surface area contributed by atoms with Crippen LogP contribution in [0, 0.1) is 0 Å². The molecule has 4 nitrogen and oxygen atoms in total. The monoisotopic (exact) mass is 213 g/mol. The third-order valence-electron chi connectivity index (χ3n) is 1.66. The van der Waals surface area contributed by atoms with E-state index in [1.807, 2.05) is 6.92 Å². The number of hydrogen-bond donors (Lipinski definition) is 1. The largest absolute Gasteiger partial charge is 0.309 e. The van der Waals surface area contributed by atoms with Crippen molar-refractivity contribution in [1.29, 1.82) is 0 Å². The number of amides is 1. The molecule has 1 N–H and O–H groups in total. The normalized spacial score (nSPS) is 9.86. The highest BCUT2D eigenvalue weighted by molar-refractivity contribution is 6.29. The Morgan fingerprint density at radius 1 is 1.50 bits per heavy atom. The van der Waals surface area contributed by atoms with Gasteiger partial charge in [-0.05, 0) is 18.6 Å². The fraction of sp³-hybridized carbons (Fsp3) is 0.444. The van der Waals surface area contributed by atoms with Crippen molar-refractivity contribution in [2.45, 2.75) is 26.2 Å². The molecule has 0 atom stereocenters. The number of aromatic nitrogens is 2. The van der Waals surface area contributed by atoms with Crippen LogP contribution in [0.5, 0.6) is 0 Å². The molecule has 0 fully saturated rings. The fourth-order valence-corrected chi connectivity index (χ4v) is 1.03. The average molecular weight is 214 g/mol. The number of rotatable bonds is 4. The van der Waals surface area contributed by atoms with E-state index in [0.717, 1.165) is 12.8 Å². The molecule has 0 spiro atoms. The molecule has 0 saturated carbocycles. The summed E-state index contributed by atoms with van der Waals surface area (Å²) in [5.41, 5.74) is 0. The van der Waals surface area contributed by atoms with Crippen LogP contribution in [0.15, 0.2) is 12.1 Å². The van der Waals surface area contributed by atoms with E-state index >= 15 is 0 Å². The Morgan fingerprint density at radius 3 is 2.86 bits per heavy atom.